The molecule has 2 amide bonds. The van der Waals surface area contributed by atoms with Crippen LogP contribution >= 0.6 is 0 Å². The number of amides is 2. The minimum absolute atomic E-state index is 0.231. The topological polar surface area (TPSA) is 76.0 Å². The van der Waals surface area contributed by atoms with Crippen LogP contribution in [0.15, 0.2) is 30.5 Å². The van der Waals surface area contributed by atoms with Gasteiger partial charge in [-0.15, -0.1) is 0 Å². The van der Waals surface area contributed by atoms with Crippen LogP contribution in [0.2, 0.25) is 0 Å². The highest BCUT2D eigenvalue weighted by atomic mass is 19.4. The average Bonchev–Trinajstić information content (AvgIpc) is 3.02. The SMILES string of the molecule is Cc1ccccc1-n1ncc(C(=O)NC2CCCNC2=O)c1C(F)(F)F. The maximum Gasteiger partial charge on any atom is 0.434 e. The van der Waals surface area contributed by atoms with Crippen LogP contribution in [0.5, 0.6) is 0 Å². The van der Waals surface area contributed by atoms with Gasteiger partial charge in [0.1, 0.15) is 6.04 Å². The third-order valence-electron chi connectivity index (χ3n) is 4.22. The van der Waals surface area contributed by atoms with Gasteiger partial charge in [-0.1, -0.05) is 18.2 Å². The zero-order valence-electron chi connectivity index (χ0n) is 13.9. The van der Waals surface area contributed by atoms with Crippen LogP contribution in [0.1, 0.15) is 34.5 Å². The zero-order valence-corrected chi connectivity index (χ0v) is 13.9. The van der Waals surface area contributed by atoms with Gasteiger partial charge in [0.05, 0.1) is 17.4 Å². The second-order valence-electron chi connectivity index (χ2n) is 6.06. The first-order valence-electron chi connectivity index (χ1n) is 8.09. The lowest BCUT2D eigenvalue weighted by atomic mass is 10.1. The summed E-state index contributed by atoms with van der Waals surface area (Å²) in [7, 11) is 0. The van der Waals surface area contributed by atoms with E-state index in [1.165, 1.54) is 6.07 Å². The molecule has 1 aliphatic rings. The molecule has 1 unspecified atom stereocenters. The Bertz CT molecular complexity index is 845. The van der Waals surface area contributed by atoms with Crippen LogP contribution in [-0.4, -0.2) is 34.2 Å². The molecule has 1 fully saturated rings. The molecule has 0 radical (unpaired) electrons. The summed E-state index contributed by atoms with van der Waals surface area (Å²) in [6.07, 6.45) is -2.89. The largest absolute Gasteiger partial charge is 0.434 e. The number of aryl methyl sites for hydroxylation is 1. The smallest absolute Gasteiger partial charge is 0.354 e. The Morgan fingerprint density at radius 1 is 1.35 bits per heavy atom. The third-order valence-corrected chi connectivity index (χ3v) is 4.22. The van der Waals surface area contributed by atoms with Crippen molar-refractivity contribution in [3.05, 3.63) is 47.3 Å². The number of hydrogen-bond donors (Lipinski definition) is 2. The molecule has 26 heavy (non-hydrogen) atoms. The van der Waals surface area contributed by atoms with E-state index in [-0.39, 0.29) is 5.69 Å². The Labute approximate surface area is 147 Å². The predicted octanol–water partition coefficient (Wildman–Crippen LogP) is 2.21. The molecule has 0 saturated carbocycles. The van der Waals surface area contributed by atoms with E-state index in [1.54, 1.807) is 25.1 Å². The summed E-state index contributed by atoms with van der Waals surface area (Å²) >= 11 is 0. The number of nitrogens with one attached hydrogen (secondary N) is 2. The third kappa shape index (κ3) is 3.42. The fourth-order valence-electron chi connectivity index (χ4n) is 2.92. The van der Waals surface area contributed by atoms with Crippen LogP contribution in [-0.2, 0) is 11.0 Å². The number of carbonyl (C=O) groups excluding carboxylic acids is 2. The van der Waals surface area contributed by atoms with Crippen molar-refractivity contribution in [2.45, 2.75) is 32.0 Å². The summed E-state index contributed by atoms with van der Waals surface area (Å²) in [5, 5.41) is 8.73. The predicted molar refractivity (Wildman–Crippen MR) is 86.8 cm³/mol. The summed E-state index contributed by atoms with van der Waals surface area (Å²) in [5.74, 6) is -1.37. The second-order valence-corrected chi connectivity index (χ2v) is 6.06. The number of alkyl halides is 3. The molecule has 6 nitrogen and oxygen atoms in total. The molecule has 2 heterocycles. The Kier molecular flexibility index (Phi) is 4.71. The van der Waals surface area contributed by atoms with Gasteiger partial charge in [-0.05, 0) is 31.4 Å². The molecule has 1 aliphatic heterocycles. The van der Waals surface area contributed by atoms with E-state index >= 15 is 0 Å². The molecule has 2 aromatic rings. The average molecular weight is 366 g/mol. The van der Waals surface area contributed by atoms with Gasteiger partial charge in [0.25, 0.3) is 5.91 Å². The Hall–Kier alpha value is -2.84. The maximum atomic E-state index is 13.7. The molecule has 9 heteroatoms. The van der Waals surface area contributed by atoms with Crippen LogP contribution in [0, 0.1) is 6.92 Å². The van der Waals surface area contributed by atoms with Crippen LogP contribution in [0.3, 0.4) is 0 Å². The first-order chi connectivity index (χ1) is 12.3. The minimum atomic E-state index is -4.79. The van der Waals surface area contributed by atoms with Crippen LogP contribution in [0.25, 0.3) is 5.69 Å². The monoisotopic (exact) mass is 366 g/mol. The number of hydrogen-bond acceptors (Lipinski definition) is 3. The number of para-hydroxylation sites is 1. The number of nitrogens with zero attached hydrogens (tertiary/aromatic N) is 2. The van der Waals surface area contributed by atoms with Gasteiger partial charge in [0.15, 0.2) is 5.69 Å². The molecule has 0 aliphatic carbocycles. The molecule has 1 atom stereocenters. The van der Waals surface area contributed by atoms with Crippen molar-refractivity contribution in [3.63, 3.8) is 0 Å². The van der Waals surface area contributed by atoms with Crippen molar-refractivity contribution < 1.29 is 22.8 Å². The molecule has 2 N–H and O–H groups in total. The van der Waals surface area contributed by atoms with Gasteiger partial charge >= 0.3 is 6.18 Å². The molecule has 1 aromatic heterocycles. The van der Waals surface area contributed by atoms with Crippen molar-refractivity contribution in [3.8, 4) is 5.69 Å². The molecular formula is C17H17F3N4O2. The molecule has 1 aromatic carbocycles. The number of carbonyl (C=O) groups is 2. The van der Waals surface area contributed by atoms with E-state index in [0.717, 1.165) is 6.20 Å². The zero-order chi connectivity index (χ0) is 18.9. The first-order valence-corrected chi connectivity index (χ1v) is 8.09. The van der Waals surface area contributed by atoms with Gasteiger partial charge in [-0.25, -0.2) is 4.68 Å². The highest BCUT2D eigenvalue weighted by molar-refractivity contribution is 5.98. The number of piperidine rings is 1. The number of rotatable bonds is 3. The first kappa shape index (κ1) is 18.0. The van der Waals surface area contributed by atoms with E-state index in [4.69, 9.17) is 0 Å². The normalized spacial score (nSPS) is 17.7. The summed E-state index contributed by atoms with van der Waals surface area (Å²) in [5.41, 5.74) is -0.964. The lowest BCUT2D eigenvalue weighted by molar-refractivity contribution is -0.143. The van der Waals surface area contributed by atoms with Crippen molar-refractivity contribution in [1.29, 1.82) is 0 Å². The van der Waals surface area contributed by atoms with Crippen molar-refractivity contribution in [1.82, 2.24) is 20.4 Å². The van der Waals surface area contributed by atoms with Gasteiger partial charge in [0.2, 0.25) is 5.91 Å². The summed E-state index contributed by atoms with van der Waals surface area (Å²) in [6.45, 7) is 2.15. The molecule has 3 rings (SSSR count). The van der Waals surface area contributed by atoms with E-state index < -0.39 is 35.3 Å². The van der Waals surface area contributed by atoms with Crippen molar-refractivity contribution in [2.24, 2.45) is 0 Å². The molecule has 138 valence electrons. The quantitative estimate of drug-likeness (QED) is 0.875. The summed E-state index contributed by atoms with van der Waals surface area (Å²) < 4.78 is 41.7. The standard InChI is InChI=1S/C17H17F3N4O2/c1-10-5-2-3-7-13(10)24-14(17(18,19)20)11(9-22-24)15(25)23-12-6-4-8-21-16(12)26/h2-3,5,7,9,12H,4,6,8H2,1H3,(H,21,26)(H,23,25). The lowest BCUT2D eigenvalue weighted by Crippen LogP contribution is -2.50. The summed E-state index contributed by atoms with van der Waals surface area (Å²) in [4.78, 5) is 24.2. The number of halogens is 3. The van der Waals surface area contributed by atoms with Gasteiger partial charge in [-0.2, -0.15) is 18.3 Å². The van der Waals surface area contributed by atoms with E-state index in [0.29, 0.717) is 29.6 Å². The highest BCUT2D eigenvalue weighted by Gasteiger charge is 2.41. The minimum Gasteiger partial charge on any atom is -0.354 e. The molecule has 0 spiro atoms. The molecule has 0 bridgehead atoms. The van der Waals surface area contributed by atoms with Crippen molar-refractivity contribution in [2.75, 3.05) is 6.54 Å². The highest BCUT2D eigenvalue weighted by Crippen LogP contribution is 2.34. The van der Waals surface area contributed by atoms with E-state index in [1.807, 2.05) is 0 Å². The Morgan fingerprint density at radius 3 is 2.73 bits per heavy atom. The van der Waals surface area contributed by atoms with Crippen LogP contribution < -0.4 is 10.6 Å². The second kappa shape index (κ2) is 6.81. The summed E-state index contributed by atoms with van der Waals surface area (Å²) in [6, 6.07) is 5.59. The molecule has 1 saturated heterocycles. The number of benzene rings is 1. The Morgan fingerprint density at radius 2 is 2.08 bits per heavy atom. The number of aromatic nitrogens is 2. The fraction of sp³-hybridized carbons (Fsp3) is 0.353. The lowest BCUT2D eigenvalue weighted by Gasteiger charge is -2.23. The fourth-order valence-corrected chi connectivity index (χ4v) is 2.92. The van der Waals surface area contributed by atoms with Gasteiger partial charge in [0, 0.05) is 6.54 Å². The maximum absolute atomic E-state index is 13.7. The van der Waals surface area contributed by atoms with E-state index in [2.05, 4.69) is 15.7 Å². The van der Waals surface area contributed by atoms with Crippen LogP contribution in [0.4, 0.5) is 13.2 Å². The van der Waals surface area contributed by atoms with Gasteiger partial charge in [-0.3, -0.25) is 9.59 Å². The molecular weight excluding hydrogens is 349 g/mol. The van der Waals surface area contributed by atoms with Crippen molar-refractivity contribution >= 4 is 11.8 Å². The Balaban J connectivity index is 1.99. The van der Waals surface area contributed by atoms with Gasteiger partial charge < -0.3 is 10.6 Å². The van der Waals surface area contributed by atoms with E-state index in [9.17, 15) is 22.8 Å².